The summed E-state index contributed by atoms with van der Waals surface area (Å²) < 4.78 is 5.21. The average molecular weight is 294 g/mol. The van der Waals surface area contributed by atoms with Gasteiger partial charge in [0.15, 0.2) is 0 Å². The van der Waals surface area contributed by atoms with E-state index in [9.17, 15) is 5.11 Å². The number of hydrogen-bond acceptors (Lipinski definition) is 4. The lowest BCUT2D eigenvalue weighted by molar-refractivity contribution is 0.204. The van der Waals surface area contributed by atoms with Crippen LogP contribution in [0.5, 0.6) is 0 Å². The maximum absolute atomic E-state index is 9.52. The second-order valence-electron chi connectivity index (χ2n) is 6.96. The molecule has 0 fully saturated rings. The normalized spacial score (nSPS) is 12.0. The fourth-order valence-electron chi connectivity index (χ4n) is 2.15. The van der Waals surface area contributed by atoms with Crippen LogP contribution in [-0.4, -0.2) is 36.9 Å². The zero-order valence-corrected chi connectivity index (χ0v) is 14.3. The van der Waals surface area contributed by atoms with Gasteiger partial charge in [-0.05, 0) is 23.6 Å². The highest BCUT2D eigenvalue weighted by molar-refractivity contribution is 5.44. The lowest BCUT2D eigenvalue weighted by Gasteiger charge is -2.28. The Bertz CT molecular complexity index is 439. The van der Waals surface area contributed by atoms with Crippen LogP contribution in [0.4, 0.5) is 5.82 Å². The number of methoxy groups -OCH3 is 1. The molecule has 1 N–H and O–H groups in total. The van der Waals surface area contributed by atoms with E-state index in [-0.39, 0.29) is 12.0 Å². The highest BCUT2D eigenvalue weighted by Crippen LogP contribution is 2.25. The molecule has 120 valence electrons. The van der Waals surface area contributed by atoms with E-state index in [2.05, 4.69) is 39.5 Å². The van der Waals surface area contributed by atoms with Crippen LogP contribution < -0.4 is 4.90 Å². The average Bonchev–Trinajstić information content (AvgIpc) is 2.41. The first-order valence-corrected chi connectivity index (χ1v) is 7.64. The van der Waals surface area contributed by atoms with Gasteiger partial charge >= 0.3 is 0 Å². The topological polar surface area (TPSA) is 45.6 Å². The Labute approximate surface area is 129 Å². The summed E-state index contributed by atoms with van der Waals surface area (Å²) in [7, 11) is 1.71. The molecule has 1 aromatic heterocycles. The van der Waals surface area contributed by atoms with Crippen molar-refractivity contribution in [2.24, 2.45) is 5.92 Å². The van der Waals surface area contributed by atoms with E-state index >= 15 is 0 Å². The molecule has 0 saturated carbocycles. The number of rotatable bonds is 7. The second-order valence-corrected chi connectivity index (χ2v) is 6.96. The third-order valence-corrected chi connectivity index (χ3v) is 3.30. The number of aliphatic hydroxyl groups is 1. The van der Waals surface area contributed by atoms with Crippen molar-refractivity contribution in [3.63, 3.8) is 0 Å². The van der Waals surface area contributed by atoms with Crippen molar-refractivity contribution < 1.29 is 9.84 Å². The van der Waals surface area contributed by atoms with Gasteiger partial charge < -0.3 is 14.7 Å². The smallest absolute Gasteiger partial charge is 0.129 e. The SMILES string of the molecule is COCCN(CC(C)C)c1cc(CO)cc(C(C)(C)C)n1. The Morgan fingerprint density at radius 1 is 1.29 bits per heavy atom. The third-order valence-electron chi connectivity index (χ3n) is 3.30. The van der Waals surface area contributed by atoms with Crippen molar-refractivity contribution in [2.75, 3.05) is 31.7 Å². The van der Waals surface area contributed by atoms with Crippen LogP contribution in [-0.2, 0) is 16.8 Å². The molecule has 0 bridgehead atoms. The largest absolute Gasteiger partial charge is 0.392 e. The minimum absolute atomic E-state index is 0.0370. The summed E-state index contributed by atoms with van der Waals surface area (Å²) in [5.74, 6) is 1.47. The number of ether oxygens (including phenoxy) is 1. The molecule has 4 heteroatoms. The molecule has 4 nitrogen and oxygen atoms in total. The summed E-state index contributed by atoms with van der Waals surface area (Å²) >= 11 is 0. The maximum Gasteiger partial charge on any atom is 0.129 e. The van der Waals surface area contributed by atoms with Gasteiger partial charge in [0, 0.05) is 31.3 Å². The van der Waals surface area contributed by atoms with Gasteiger partial charge in [0.1, 0.15) is 5.82 Å². The zero-order valence-electron chi connectivity index (χ0n) is 14.3. The van der Waals surface area contributed by atoms with E-state index < -0.39 is 0 Å². The van der Waals surface area contributed by atoms with Gasteiger partial charge in [0.2, 0.25) is 0 Å². The van der Waals surface area contributed by atoms with Crippen LogP contribution in [0.15, 0.2) is 12.1 Å². The standard InChI is InChI=1S/C17H30N2O2/c1-13(2)11-19(7-8-21-6)16-10-14(12-20)9-15(18-16)17(3,4)5/h9-10,13,20H,7-8,11-12H2,1-6H3. The predicted molar refractivity (Wildman–Crippen MR) is 87.8 cm³/mol. The van der Waals surface area contributed by atoms with Gasteiger partial charge in [-0.3, -0.25) is 0 Å². The molecule has 0 radical (unpaired) electrons. The monoisotopic (exact) mass is 294 g/mol. The molecule has 1 aromatic rings. The molecule has 21 heavy (non-hydrogen) atoms. The highest BCUT2D eigenvalue weighted by atomic mass is 16.5. The Morgan fingerprint density at radius 3 is 2.43 bits per heavy atom. The molecule has 0 atom stereocenters. The highest BCUT2D eigenvalue weighted by Gasteiger charge is 2.19. The molecule has 0 aliphatic carbocycles. The summed E-state index contributed by atoms with van der Waals surface area (Å²) in [6.45, 7) is 13.3. The van der Waals surface area contributed by atoms with Gasteiger partial charge in [-0.15, -0.1) is 0 Å². The van der Waals surface area contributed by atoms with Crippen LogP contribution in [0.25, 0.3) is 0 Å². The lowest BCUT2D eigenvalue weighted by atomic mass is 9.91. The van der Waals surface area contributed by atoms with E-state index in [0.29, 0.717) is 12.5 Å². The Hall–Kier alpha value is -1.13. The zero-order chi connectivity index (χ0) is 16.0. The summed E-state index contributed by atoms with van der Waals surface area (Å²) in [5.41, 5.74) is 1.89. The summed E-state index contributed by atoms with van der Waals surface area (Å²) in [4.78, 5) is 7.06. The first-order chi connectivity index (χ1) is 9.77. The predicted octanol–water partition coefficient (Wildman–Crippen LogP) is 2.98. The molecule has 0 aromatic carbocycles. The minimum atomic E-state index is -0.0370. The molecular formula is C17H30N2O2. The molecule has 0 saturated heterocycles. The van der Waals surface area contributed by atoms with Crippen molar-refractivity contribution >= 4 is 5.82 Å². The lowest BCUT2D eigenvalue weighted by Crippen LogP contribution is -2.32. The number of anilines is 1. The number of pyridine rings is 1. The molecule has 0 spiro atoms. The maximum atomic E-state index is 9.52. The van der Waals surface area contributed by atoms with Gasteiger partial charge in [0.25, 0.3) is 0 Å². The van der Waals surface area contributed by atoms with Crippen LogP contribution in [0, 0.1) is 5.92 Å². The number of aliphatic hydroxyl groups excluding tert-OH is 1. The van der Waals surface area contributed by atoms with Crippen LogP contribution in [0.3, 0.4) is 0 Å². The summed E-state index contributed by atoms with van der Waals surface area (Å²) in [6.07, 6.45) is 0. The van der Waals surface area contributed by atoms with Gasteiger partial charge in [0.05, 0.1) is 13.2 Å². The Morgan fingerprint density at radius 2 is 1.95 bits per heavy atom. The second kappa shape index (κ2) is 7.76. The van der Waals surface area contributed by atoms with Crippen molar-refractivity contribution in [2.45, 2.75) is 46.6 Å². The Balaban J connectivity index is 3.16. The number of hydrogen-bond donors (Lipinski definition) is 1. The first-order valence-electron chi connectivity index (χ1n) is 7.64. The molecular weight excluding hydrogens is 264 g/mol. The van der Waals surface area contributed by atoms with Crippen LogP contribution >= 0.6 is 0 Å². The van der Waals surface area contributed by atoms with Crippen LogP contribution in [0.2, 0.25) is 0 Å². The van der Waals surface area contributed by atoms with Gasteiger partial charge in [-0.2, -0.15) is 0 Å². The van der Waals surface area contributed by atoms with Gasteiger partial charge in [-0.25, -0.2) is 4.98 Å². The Kier molecular flexibility index (Phi) is 6.62. The molecule has 1 rings (SSSR count). The van der Waals surface area contributed by atoms with Crippen molar-refractivity contribution in [1.82, 2.24) is 4.98 Å². The third kappa shape index (κ3) is 5.64. The fraction of sp³-hybridized carbons (Fsp3) is 0.706. The van der Waals surface area contributed by atoms with Crippen molar-refractivity contribution in [3.8, 4) is 0 Å². The molecule has 0 amide bonds. The fourth-order valence-corrected chi connectivity index (χ4v) is 2.15. The van der Waals surface area contributed by atoms with E-state index in [4.69, 9.17) is 9.72 Å². The molecule has 0 aliphatic heterocycles. The summed E-state index contributed by atoms with van der Waals surface area (Å²) in [6, 6.07) is 3.97. The number of aromatic nitrogens is 1. The molecule has 0 aliphatic rings. The minimum Gasteiger partial charge on any atom is -0.392 e. The molecule has 1 heterocycles. The van der Waals surface area contributed by atoms with E-state index in [0.717, 1.165) is 30.2 Å². The summed E-state index contributed by atoms with van der Waals surface area (Å²) in [5, 5.41) is 9.52. The molecule has 0 unspecified atom stereocenters. The first kappa shape index (κ1) is 17.9. The van der Waals surface area contributed by atoms with Crippen molar-refractivity contribution in [1.29, 1.82) is 0 Å². The van der Waals surface area contributed by atoms with Gasteiger partial charge in [-0.1, -0.05) is 34.6 Å². The quantitative estimate of drug-likeness (QED) is 0.840. The number of nitrogens with zero attached hydrogens (tertiary/aromatic N) is 2. The van der Waals surface area contributed by atoms with E-state index in [1.165, 1.54) is 0 Å². The van der Waals surface area contributed by atoms with E-state index in [1.807, 2.05) is 12.1 Å². The van der Waals surface area contributed by atoms with Crippen LogP contribution in [0.1, 0.15) is 45.9 Å². The van der Waals surface area contributed by atoms with Crippen molar-refractivity contribution in [3.05, 3.63) is 23.4 Å². The van der Waals surface area contributed by atoms with E-state index in [1.54, 1.807) is 7.11 Å².